The van der Waals surface area contributed by atoms with Crippen LogP contribution in [0.3, 0.4) is 0 Å². The molecule has 0 bridgehead atoms. The molecule has 0 aromatic rings. The van der Waals surface area contributed by atoms with Gasteiger partial charge in [-0.2, -0.15) is 13.2 Å². The molecule has 1 heterocycles. The van der Waals surface area contributed by atoms with Crippen LogP contribution in [0, 0.1) is 0 Å². The SMILES string of the molecule is CCOC1(C(F)(F)F)COC(=O)O1. The molecule has 0 amide bonds. The van der Waals surface area contributed by atoms with Crippen LogP contribution in [0.25, 0.3) is 0 Å². The molecule has 13 heavy (non-hydrogen) atoms. The van der Waals surface area contributed by atoms with E-state index < -0.39 is 24.7 Å². The van der Waals surface area contributed by atoms with Crippen molar-refractivity contribution in [1.29, 1.82) is 0 Å². The summed E-state index contributed by atoms with van der Waals surface area (Å²) in [6.45, 7) is 0.180. The van der Waals surface area contributed by atoms with Gasteiger partial charge in [0.25, 0.3) is 0 Å². The predicted octanol–water partition coefficient (Wildman–Crippen LogP) is 1.45. The highest BCUT2D eigenvalue weighted by molar-refractivity contribution is 5.62. The van der Waals surface area contributed by atoms with Gasteiger partial charge in [-0.1, -0.05) is 0 Å². The number of ether oxygens (including phenoxy) is 3. The molecule has 1 aliphatic rings. The van der Waals surface area contributed by atoms with Crippen molar-refractivity contribution in [2.45, 2.75) is 18.9 Å². The normalized spacial score (nSPS) is 28.5. The molecule has 1 atom stereocenters. The van der Waals surface area contributed by atoms with E-state index in [9.17, 15) is 18.0 Å². The summed E-state index contributed by atoms with van der Waals surface area (Å²) in [5.41, 5.74) is 0. The Balaban J connectivity index is 2.83. The lowest BCUT2D eigenvalue weighted by molar-refractivity contribution is -0.348. The van der Waals surface area contributed by atoms with Gasteiger partial charge < -0.3 is 14.2 Å². The first-order valence-electron chi connectivity index (χ1n) is 3.48. The van der Waals surface area contributed by atoms with E-state index in [1.165, 1.54) is 6.92 Å². The largest absolute Gasteiger partial charge is 0.511 e. The minimum absolute atomic E-state index is 0.226. The van der Waals surface area contributed by atoms with Crippen LogP contribution in [-0.4, -0.2) is 31.3 Å². The van der Waals surface area contributed by atoms with Gasteiger partial charge in [-0.25, -0.2) is 4.79 Å². The summed E-state index contributed by atoms with van der Waals surface area (Å²) in [4.78, 5) is 10.4. The van der Waals surface area contributed by atoms with Crippen LogP contribution in [0.4, 0.5) is 18.0 Å². The molecule has 7 heteroatoms. The smallest absolute Gasteiger partial charge is 0.427 e. The first-order valence-corrected chi connectivity index (χ1v) is 3.48. The second kappa shape index (κ2) is 3.06. The highest BCUT2D eigenvalue weighted by Crippen LogP contribution is 2.38. The minimum Gasteiger partial charge on any atom is -0.427 e. The van der Waals surface area contributed by atoms with Gasteiger partial charge in [-0.3, -0.25) is 0 Å². The van der Waals surface area contributed by atoms with E-state index in [-0.39, 0.29) is 6.61 Å². The second-order valence-corrected chi connectivity index (χ2v) is 2.32. The number of hydrogen-bond acceptors (Lipinski definition) is 4. The zero-order valence-electron chi connectivity index (χ0n) is 6.68. The van der Waals surface area contributed by atoms with Gasteiger partial charge in [-0.15, -0.1) is 0 Å². The van der Waals surface area contributed by atoms with E-state index in [1.54, 1.807) is 0 Å². The Morgan fingerprint density at radius 3 is 2.54 bits per heavy atom. The van der Waals surface area contributed by atoms with E-state index >= 15 is 0 Å². The molecular weight excluding hydrogens is 193 g/mol. The zero-order valence-corrected chi connectivity index (χ0v) is 6.68. The Hall–Kier alpha value is -0.980. The molecule has 0 spiro atoms. The first kappa shape index (κ1) is 10.1. The summed E-state index contributed by atoms with van der Waals surface area (Å²) in [5.74, 6) is -2.92. The van der Waals surface area contributed by atoms with E-state index in [2.05, 4.69) is 14.2 Å². The molecule has 1 saturated heterocycles. The number of carbonyl (C=O) groups excluding carboxylic acids is 1. The minimum atomic E-state index is -4.78. The van der Waals surface area contributed by atoms with Gasteiger partial charge in [0.2, 0.25) is 0 Å². The van der Waals surface area contributed by atoms with Crippen LogP contribution >= 0.6 is 0 Å². The van der Waals surface area contributed by atoms with Crippen LogP contribution in [0.1, 0.15) is 6.92 Å². The maximum atomic E-state index is 12.3. The van der Waals surface area contributed by atoms with Crippen LogP contribution in [-0.2, 0) is 14.2 Å². The van der Waals surface area contributed by atoms with Crippen LogP contribution in [0.2, 0.25) is 0 Å². The van der Waals surface area contributed by atoms with Crippen molar-refractivity contribution in [3.8, 4) is 0 Å². The molecule has 76 valence electrons. The second-order valence-electron chi connectivity index (χ2n) is 2.32. The Labute approximate surface area is 71.6 Å². The predicted molar refractivity (Wildman–Crippen MR) is 32.8 cm³/mol. The molecule has 0 aromatic carbocycles. The van der Waals surface area contributed by atoms with Gasteiger partial charge in [-0.05, 0) is 6.92 Å². The van der Waals surface area contributed by atoms with Crippen molar-refractivity contribution < 1.29 is 32.2 Å². The maximum absolute atomic E-state index is 12.3. The van der Waals surface area contributed by atoms with Crippen molar-refractivity contribution in [3.63, 3.8) is 0 Å². The number of alkyl halides is 3. The standard InChI is InChI=1S/C6H7F3O4/c1-2-12-5(6(7,8)9)3-11-4(10)13-5/h2-3H2,1H3. The van der Waals surface area contributed by atoms with Gasteiger partial charge in [0.1, 0.15) is 0 Å². The average molecular weight is 200 g/mol. The van der Waals surface area contributed by atoms with Gasteiger partial charge in [0.15, 0.2) is 6.61 Å². The van der Waals surface area contributed by atoms with Crippen molar-refractivity contribution in [3.05, 3.63) is 0 Å². The summed E-state index contributed by atoms with van der Waals surface area (Å²) >= 11 is 0. The fourth-order valence-corrected chi connectivity index (χ4v) is 0.873. The van der Waals surface area contributed by atoms with Crippen molar-refractivity contribution in [2.75, 3.05) is 13.2 Å². The third-order valence-corrected chi connectivity index (χ3v) is 1.44. The number of halogens is 3. The molecule has 0 aliphatic carbocycles. The molecule has 1 rings (SSSR count). The molecule has 4 nitrogen and oxygen atoms in total. The summed E-state index contributed by atoms with van der Waals surface area (Å²) in [5, 5.41) is 0. The number of carbonyl (C=O) groups is 1. The number of cyclic esters (lactones) is 2. The van der Waals surface area contributed by atoms with Gasteiger partial charge >= 0.3 is 18.1 Å². The van der Waals surface area contributed by atoms with Crippen molar-refractivity contribution in [2.24, 2.45) is 0 Å². The number of hydrogen-bond donors (Lipinski definition) is 0. The van der Waals surface area contributed by atoms with Gasteiger partial charge in [0.05, 0.1) is 0 Å². The molecule has 0 aromatic heterocycles. The zero-order chi connectivity index (χ0) is 10.1. The molecule has 1 unspecified atom stereocenters. The molecule has 0 saturated carbocycles. The molecule has 1 fully saturated rings. The maximum Gasteiger partial charge on any atom is 0.511 e. The molecule has 0 N–H and O–H groups in total. The van der Waals surface area contributed by atoms with Crippen LogP contribution in [0.5, 0.6) is 0 Å². The highest BCUT2D eigenvalue weighted by atomic mass is 19.4. The van der Waals surface area contributed by atoms with E-state index in [1.807, 2.05) is 0 Å². The lowest BCUT2D eigenvalue weighted by Gasteiger charge is -2.26. The molecule has 1 aliphatic heterocycles. The quantitative estimate of drug-likeness (QED) is 0.633. The Morgan fingerprint density at radius 1 is 1.62 bits per heavy atom. The Bertz CT molecular complexity index is 214. The summed E-state index contributed by atoms with van der Waals surface area (Å²) in [6.07, 6.45) is -6.15. The fourth-order valence-electron chi connectivity index (χ4n) is 0.873. The topological polar surface area (TPSA) is 44.8 Å². The Morgan fingerprint density at radius 2 is 2.23 bits per heavy atom. The van der Waals surface area contributed by atoms with Crippen molar-refractivity contribution >= 4 is 6.16 Å². The summed E-state index contributed by atoms with van der Waals surface area (Å²) < 4.78 is 49.2. The summed E-state index contributed by atoms with van der Waals surface area (Å²) in [7, 11) is 0. The van der Waals surface area contributed by atoms with Gasteiger partial charge in [0, 0.05) is 6.61 Å². The van der Waals surface area contributed by atoms with Crippen LogP contribution in [0.15, 0.2) is 0 Å². The highest BCUT2D eigenvalue weighted by Gasteiger charge is 2.64. The van der Waals surface area contributed by atoms with E-state index in [0.717, 1.165) is 0 Å². The lowest BCUT2D eigenvalue weighted by atomic mass is 10.3. The average Bonchev–Trinajstić information content (AvgIpc) is 2.32. The van der Waals surface area contributed by atoms with E-state index in [0.29, 0.717) is 0 Å². The Kier molecular flexibility index (Phi) is 2.38. The first-order chi connectivity index (χ1) is 5.91. The fraction of sp³-hybridized carbons (Fsp3) is 0.833. The third kappa shape index (κ3) is 1.69. The van der Waals surface area contributed by atoms with Crippen molar-refractivity contribution in [1.82, 2.24) is 0 Å². The molecular formula is C6H7F3O4. The summed E-state index contributed by atoms with van der Waals surface area (Å²) in [6, 6.07) is 0. The monoisotopic (exact) mass is 200 g/mol. The van der Waals surface area contributed by atoms with Crippen LogP contribution < -0.4 is 0 Å². The molecule has 0 radical (unpaired) electrons. The lowest BCUT2D eigenvalue weighted by Crippen LogP contribution is -2.50. The number of rotatable bonds is 2. The van der Waals surface area contributed by atoms with E-state index in [4.69, 9.17) is 0 Å². The third-order valence-electron chi connectivity index (χ3n) is 1.44.